The largest absolute Gasteiger partial charge is 0.452 e. The summed E-state index contributed by atoms with van der Waals surface area (Å²) in [5.74, 6) is -2.27. The molecule has 0 bridgehead atoms. The maximum atomic E-state index is 13.4. The summed E-state index contributed by atoms with van der Waals surface area (Å²) < 4.78 is 18.9. The molecule has 0 aliphatic heterocycles. The molecule has 2 aromatic rings. The third-order valence-electron chi connectivity index (χ3n) is 2.96. The molecule has 0 radical (unpaired) electrons. The summed E-state index contributed by atoms with van der Waals surface area (Å²) >= 11 is 14.7. The quantitative estimate of drug-likeness (QED) is 0.544. The van der Waals surface area contributed by atoms with E-state index in [1.165, 1.54) is 0 Å². The Morgan fingerprint density at radius 1 is 1.21 bits per heavy atom. The molecule has 2 aromatic carbocycles. The van der Waals surface area contributed by atoms with Gasteiger partial charge in [0.25, 0.3) is 5.91 Å². The van der Waals surface area contributed by atoms with E-state index < -0.39 is 24.3 Å². The van der Waals surface area contributed by atoms with Crippen LogP contribution in [0.4, 0.5) is 10.1 Å². The van der Waals surface area contributed by atoms with Crippen molar-refractivity contribution in [1.82, 2.24) is 0 Å². The Balaban J connectivity index is 1.99. The van der Waals surface area contributed by atoms with E-state index in [0.717, 1.165) is 17.7 Å². The number of nitrogens with one attached hydrogen (secondary N) is 1. The molecular weight excluding hydrogens is 424 g/mol. The Bertz CT molecular complexity index is 814. The first-order chi connectivity index (χ1) is 11.3. The molecule has 0 unspecified atom stereocenters. The van der Waals surface area contributed by atoms with Crippen molar-refractivity contribution in [2.24, 2.45) is 0 Å². The Kier molecular flexibility index (Phi) is 6.21. The molecule has 0 aliphatic rings. The molecule has 4 nitrogen and oxygen atoms in total. The maximum Gasteiger partial charge on any atom is 0.340 e. The summed E-state index contributed by atoms with van der Waals surface area (Å²) in [5, 5.41) is 2.32. The van der Waals surface area contributed by atoms with E-state index in [2.05, 4.69) is 21.2 Å². The minimum atomic E-state index is -0.923. The van der Waals surface area contributed by atoms with Crippen LogP contribution in [-0.4, -0.2) is 18.5 Å². The molecule has 1 N–H and O–H groups in total. The van der Waals surface area contributed by atoms with Gasteiger partial charge in [0.1, 0.15) is 5.82 Å². The lowest BCUT2D eigenvalue weighted by atomic mass is 10.2. The highest BCUT2D eigenvalue weighted by molar-refractivity contribution is 9.10. The van der Waals surface area contributed by atoms with Crippen LogP contribution < -0.4 is 5.32 Å². The van der Waals surface area contributed by atoms with E-state index in [9.17, 15) is 14.0 Å². The summed E-state index contributed by atoms with van der Waals surface area (Å²) in [7, 11) is 0. The number of hydrogen-bond acceptors (Lipinski definition) is 3. The van der Waals surface area contributed by atoms with Crippen LogP contribution in [0.5, 0.6) is 0 Å². The van der Waals surface area contributed by atoms with Crippen LogP contribution in [-0.2, 0) is 9.53 Å². The van der Waals surface area contributed by atoms with Gasteiger partial charge in [0, 0.05) is 4.47 Å². The van der Waals surface area contributed by atoms with Gasteiger partial charge in [-0.1, -0.05) is 29.3 Å². The third-order valence-corrected chi connectivity index (χ3v) is 4.22. The SMILES string of the molecule is Cc1ccc(NC(=O)COC(=O)c2cc(F)c(Cl)cc2Cl)c(Br)c1. The Morgan fingerprint density at radius 3 is 2.58 bits per heavy atom. The summed E-state index contributed by atoms with van der Waals surface area (Å²) in [6.45, 7) is 1.37. The summed E-state index contributed by atoms with van der Waals surface area (Å²) in [4.78, 5) is 23.7. The molecule has 0 saturated carbocycles. The van der Waals surface area contributed by atoms with Gasteiger partial charge in [-0.05, 0) is 52.7 Å². The lowest BCUT2D eigenvalue weighted by Gasteiger charge is -2.09. The average Bonchev–Trinajstić information content (AvgIpc) is 2.51. The number of rotatable bonds is 4. The predicted octanol–water partition coefficient (Wildman–Crippen LogP) is 5.00. The monoisotopic (exact) mass is 433 g/mol. The van der Waals surface area contributed by atoms with Crippen molar-refractivity contribution in [3.8, 4) is 0 Å². The van der Waals surface area contributed by atoms with Gasteiger partial charge in [-0.25, -0.2) is 9.18 Å². The van der Waals surface area contributed by atoms with Crippen LogP contribution in [0.1, 0.15) is 15.9 Å². The third kappa shape index (κ3) is 4.69. The molecule has 2 rings (SSSR count). The van der Waals surface area contributed by atoms with Crippen molar-refractivity contribution in [1.29, 1.82) is 0 Å². The normalized spacial score (nSPS) is 10.4. The molecule has 8 heteroatoms. The van der Waals surface area contributed by atoms with E-state index in [-0.39, 0.29) is 15.6 Å². The highest BCUT2D eigenvalue weighted by Gasteiger charge is 2.17. The lowest BCUT2D eigenvalue weighted by Crippen LogP contribution is -2.21. The van der Waals surface area contributed by atoms with E-state index in [4.69, 9.17) is 27.9 Å². The molecular formula is C16H11BrCl2FNO3. The number of anilines is 1. The van der Waals surface area contributed by atoms with Crippen LogP contribution in [0.2, 0.25) is 10.0 Å². The van der Waals surface area contributed by atoms with E-state index in [1.54, 1.807) is 6.07 Å². The summed E-state index contributed by atoms with van der Waals surface area (Å²) in [6, 6.07) is 7.32. The molecule has 0 atom stereocenters. The van der Waals surface area contributed by atoms with Gasteiger partial charge in [-0.15, -0.1) is 0 Å². The van der Waals surface area contributed by atoms with Gasteiger partial charge >= 0.3 is 5.97 Å². The molecule has 0 spiro atoms. The van der Waals surface area contributed by atoms with Gasteiger partial charge < -0.3 is 10.1 Å². The van der Waals surface area contributed by atoms with Crippen molar-refractivity contribution in [3.05, 3.63) is 61.8 Å². The van der Waals surface area contributed by atoms with E-state index in [0.29, 0.717) is 10.2 Å². The molecule has 24 heavy (non-hydrogen) atoms. The lowest BCUT2D eigenvalue weighted by molar-refractivity contribution is -0.119. The minimum Gasteiger partial charge on any atom is -0.452 e. The number of hydrogen-bond donors (Lipinski definition) is 1. The van der Waals surface area contributed by atoms with E-state index in [1.807, 2.05) is 19.1 Å². The fraction of sp³-hybridized carbons (Fsp3) is 0.125. The molecule has 0 fully saturated rings. The molecule has 0 aromatic heterocycles. The highest BCUT2D eigenvalue weighted by atomic mass is 79.9. The Hall–Kier alpha value is -1.63. The van der Waals surface area contributed by atoms with Crippen molar-refractivity contribution in [2.75, 3.05) is 11.9 Å². The zero-order valence-corrected chi connectivity index (χ0v) is 15.4. The van der Waals surface area contributed by atoms with Gasteiger partial charge in [0.05, 0.1) is 21.3 Å². The number of halogens is 4. The van der Waals surface area contributed by atoms with Crippen LogP contribution in [0.15, 0.2) is 34.8 Å². The number of esters is 1. The first kappa shape index (κ1) is 18.7. The van der Waals surface area contributed by atoms with Crippen LogP contribution in [0.25, 0.3) is 0 Å². The number of benzene rings is 2. The van der Waals surface area contributed by atoms with Crippen molar-refractivity contribution < 1.29 is 18.7 Å². The van der Waals surface area contributed by atoms with Crippen molar-refractivity contribution in [2.45, 2.75) is 6.92 Å². The average molecular weight is 435 g/mol. The molecule has 126 valence electrons. The first-order valence-electron chi connectivity index (χ1n) is 6.65. The van der Waals surface area contributed by atoms with Gasteiger partial charge in [0.15, 0.2) is 6.61 Å². The topological polar surface area (TPSA) is 55.4 Å². The fourth-order valence-electron chi connectivity index (χ4n) is 1.80. The Labute approximate surface area is 156 Å². The second-order valence-electron chi connectivity index (χ2n) is 4.85. The van der Waals surface area contributed by atoms with Gasteiger partial charge in [-0.3, -0.25) is 4.79 Å². The number of amides is 1. The molecule has 0 heterocycles. The zero-order valence-electron chi connectivity index (χ0n) is 12.3. The minimum absolute atomic E-state index is 0.0620. The van der Waals surface area contributed by atoms with Crippen molar-refractivity contribution in [3.63, 3.8) is 0 Å². The summed E-state index contributed by atoms with van der Waals surface area (Å²) in [6.07, 6.45) is 0. The smallest absolute Gasteiger partial charge is 0.340 e. The molecule has 0 saturated heterocycles. The van der Waals surface area contributed by atoms with Gasteiger partial charge in [0.2, 0.25) is 0 Å². The Morgan fingerprint density at radius 2 is 1.92 bits per heavy atom. The first-order valence-corrected chi connectivity index (χ1v) is 8.20. The number of carbonyl (C=O) groups excluding carboxylic acids is 2. The number of carbonyl (C=O) groups is 2. The van der Waals surface area contributed by atoms with Gasteiger partial charge in [-0.2, -0.15) is 0 Å². The van der Waals surface area contributed by atoms with Crippen molar-refractivity contribution >= 4 is 56.7 Å². The van der Waals surface area contributed by atoms with E-state index >= 15 is 0 Å². The standard InChI is InChI=1S/C16H11BrCl2FNO3/c1-8-2-3-14(10(17)4-8)21-15(22)7-24-16(23)9-5-13(20)12(19)6-11(9)18/h2-6H,7H2,1H3,(H,21,22). The zero-order chi connectivity index (χ0) is 17.9. The van der Waals surface area contributed by atoms with Crippen LogP contribution in [0.3, 0.4) is 0 Å². The predicted molar refractivity (Wildman–Crippen MR) is 94.2 cm³/mol. The summed E-state index contributed by atoms with van der Waals surface area (Å²) in [5.41, 5.74) is 1.35. The fourth-order valence-corrected chi connectivity index (χ4v) is 2.85. The van der Waals surface area contributed by atoms with Crippen LogP contribution in [0, 0.1) is 12.7 Å². The number of ether oxygens (including phenoxy) is 1. The molecule has 1 amide bonds. The second-order valence-corrected chi connectivity index (χ2v) is 6.52. The molecule has 0 aliphatic carbocycles. The maximum absolute atomic E-state index is 13.4. The number of aryl methyl sites for hydroxylation is 1. The van der Waals surface area contributed by atoms with Crippen LogP contribution >= 0.6 is 39.1 Å². The second kappa shape index (κ2) is 7.96. The highest BCUT2D eigenvalue weighted by Crippen LogP contribution is 2.25.